The highest BCUT2D eigenvalue weighted by atomic mass is 28.4. The molecule has 0 saturated carbocycles. The minimum atomic E-state index is -2.30. The van der Waals surface area contributed by atoms with Gasteiger partial charge in [0, 0.05) is 27.4 Å². The fourth-order valence-electron chi connectivity index (χ4n) is 0.556. The van der Waals surface area contributed by atoms with E-state index in [-0.39, 0.29) is 0 Å². The van der Waals surface area contributed by atoms with Gasteiger partial charge in [-0.25, -0.2) is 0 Å². The molecule has 9 heavy (non-hydrogen) atoms. The van der Waals surface area contributed by atoms with Gasteiger partial charge in [-0.1, -0.05) is 0 Å². The summed E-state index contributed by atoms with van der Waals surface area (Å²) in [7, 11) is 2.42. The summed E-state index contributed by atoms with van der Waals surface area (Å²) in [5, 5.41) is 0. The Morgan fingerprint density at radius 3 is 1.44 bits per heavy atom. The van der Waals surface area contributed by atoms with Gasteiger partial charge < -0.3 is 13.3 Å². The zero-order valence-corrected chi connectivity index (χ0v) is 7.14. The van der Waals surface area contributed by atoms with Crippen LogP contribution < -0.4 is 0 Å². The van der Waals surface area contributed by atoms with Gasteiger partial charge >= 0.3 is 8.80 Å². The van der Waals surface area contributed by atoms with Gasteiger partial charge in [0.1, 0.15) is 0 Å². The Bertz CT molecular complexity index is 55.1. The number of hydrogen-bond donors (Lipinski definition) is 0. The van der Waals surface area contributed by atoms with Crippen molar-refractivity contribution in [3.63, 3.8) is 0 Å². The molecule has 0 heterocycles. The molecule has 1 radical (unpaired) electrons. The average molecular weight is 149 g/mol. The summed E-state index contributed by atoms with van der Waals surface area (Å²) < 4.78 is 15.1. The summed E-state index contributed by atoms with van der Waals surface area (Å²) in [4.78, 5) is 0. The maximum atomic E-state index is 5.02. The zero-order valence-electron chi connectivity index (χ0n) is 6.14. The molecule has 0 atom stereocenters. The molecule has 4 heteroatoms. The molecule has 0 aliphatic carbocycles. The van der Waals surface area contributed by atoms with E-state index in [1.807, 2.05) is 0 Å². The van der Waals surface area contributed by atoms with Crippen LogP contribution in [0.5, 0.6) is 0 Å². The van der Waals surface area contributed by atoms with Crippen molar-refractivity contribution in [2.75, 3.05) is 21.3 Å². The molecule has 0 aliphatic heterocycles. The summed E-state index contributed by atoms with van der Waals surface area (Å²) >= 11 is 0. The molecule has 0 bridgehead atoms. The largest absolute Gasteiger partial charge is 0.500 e. The fourth-order valence-corrected chi connectivity index (χ4v) is 1.67. The van der Waals surface area contributed by atoms with E-state index >= 15 is 0 Å². The molecule has 55 valence electrons. The minimum Gasteiger partial charge on any atom is -0.377 e. The monoisotopic (exact) mass is 149 g/mol. The Morgan fingerprint density at radius 2 is 1.44 bits per heavy atom. The lowest BCUT2D eigenvalue weighted by Gasteiger charge is -2.22. The first-order valence-corrected chi connectivity index (χ1v) is 4.62. The quantitative estimate of drug-likeness (QED) is 0.551. The number of hydrogen-bond acceptors (Lipinski definition) is 3. The molecule has 0 saturated heterocycles. The zero-order chi connectivity index (χ0) is 7.33. The van der Waals surface area contributed by atoms with Crippen molar-refractivity contribution in [2.45, 2.75) is 6.04 Å². The van der Waals surface area contributed by atoms with Gasteiger partial charge in [-0.3, -0.25) is 0 Å². The topological polar surface area (TPSA) is 27.7 Å². The van der Waals surface area contributed by atoms with Crippen LogP contribution in [0.25, 0.3) is 0 Å². The highest BCUT2D eigenvalue weighted by Gasteiger charge is 2.34. The third kappa shape index (κ3) is 2.06. The van der Waals surface area contributed by atoms with Crippen molar-refractivity contribution in [3.05, 3.63) is 6.92 Å². The van der Waals surface area contributed by atoms with E-state index < -0.39 is 8.80 Å². The Morgan fingerprint density at radius 1 is 1.11 bits per heavy atom. The van der Waals surface area contributed by atoms with E-state index in [2.05, 4.69) is 6.92 Å². The summed E-state index contributed by atoms with van der Waals surface area (Å²) in [6.07, 6.45) is 0. The lowest BCUT2D eigenvalue weighted by Crippen LogP contribution is -2.41. The molecule has 0 aromatic carbocycles. The van der Waals surface area contributed by atoms with Crippen LogP contribution in [0.4, 0.5) is 0 Å². The summed E-state index contributed by atoms with van der Waals surface area (Å²) in [5.41, 5.74) is 0. The molecule has 0 aromatic heterocycles. The first-order valence-electron chi connectivity index (χ1n) is 2.69. The van der Waals surface area contributed by atoms with Gasteiger partial charge in [-0.15, -0.1) is 0 Å². The molecule has 0 unspecified atom stereocenters. The maximum Gasteiger partial charge on any atom is 0.500 e. The van der Waals surface area contributed by atoms with Crippen molar-refractivity contribution < 1.29 is 13.3 Å². The van der Waals surface area contributed by atoms with E-state index in [1.54, 1.807) is 21.3 Å². The molecule has 0 spiro atoms. The van der Waals surface area contributed by atoms with Crippen molar-refractivity contribution in [2.24, 2.45) is 0 Å². The highest BCUT2D eigenvalue weighted by Crippen LogP contribution is 2.09. The van der Waals surface area contributed by atoms with Crippen LogP contribution in [0.15, 0.2) is 0 Å². The van der Waals surface area contributed by atoms with Gasteiger partial charge in [-0.05, 0) is 6.92 Å². The molecule has 3 nitrogen and oxygen atoms in total. The smallest absolute Gasteiger partial charge is 0.377 e. The van der Waals surface area contributed by atoms with E-state index in [0.29, 0.717) is 6.04 Å². The third-order valence-electron chi connectivity index (χ3n) is 1.24. The summed E-state index contributed by atoms with van der Waals surface area (Å²) in [5.74, 6) is 0. The van der Waals surface area contributed by atoms with Gasteiger partial charge in [0.2, 0.25) is 0 Å². The van der Waals surface area contributed by atoms with Crippen LogP contribution in [-0.2, 0) is 13.3 Å². The molecule has 0 fully saturated rings. The lowest BCUT2D eigenvalue weighted by molar-refractivity contribution is 0.127. The van der Waals surface area contributed by atoms with Crippen LogP contribution >= 0.6 is 0 Å². The maximum absolute atomic E-state index is 5.02. The average Bonchev–Trinajstić information content (AvgIpc) is 1.95. The molecule has 0 aliphatic rings. The fraction of sp³-hybridized carbons (Fsp3) is 0.800. The molecule has 0 N–H and O–H groups in total. The molecule has 0 rings (SSSR count). The first-order chi connectivity index (χ1) is 4.24. The lowest BCUT2D eigenvalue weighted by atomic mass is 11.0. The highest BCUT2D eigenvalue weighted by molar-refractivity contribution is 6.60. The van der Waals surface area contributed by atoms with Crippen LogP contribution in [0.1, 0.15) is 0 Å². The summed E-state index contributed by atoms with van der Waals surface area (Å²) in [6, 6.07) is 0.566. The van der Waals surface area contributed by atoms with Gasteiger partial charge in [-0.2, -0.15) is 0 Å². The predicted molar refractivity (Wildman–Crippen MR) is 36.9 cm³/mol. The molecule has 0 aromatic rings. The van der Waals surface area contributed by atoms with Crippen LogP contribution in [0.2, 0.25) is 6.04 Å². The van der Waals surface area contributed by atoms with E-state index in [4.69, 9.17) is 13.3 Å². The normalized spacial score (nSPS) is 12.0. The van der Waals surface area contributed by atoms with Gasteiger partial charge in [0.25, 0.3) is 0 Å². The molecular formula is C5H13O3Si. The second-order valence-electron chi connectivity index (χ2n) is 1.55. The van der Waals surface area contributed by atoms with E-state index in [1.165, 1.54) is 0 Å². The van der Waals surface area contributed by atoms with Crippen molar-refractivity contribution in [3.8, 4) is 0 Å². The van der Waals surface area contributed by atoms with Crippen LogP contribution in [0, 0.1) is 6.92 Å². The second kappa shape index (κ2) is 4.00. The van der Waals surface area contributed by atoms with E-state index in [9.17, 15) is 0 Å². The van der Waals surface area contributed by atoms with Crippen LogP contribution in [-0.4, -0.2) is 30.1 Å². The van der Waals surface area contributed by atoms with Crippen LogP contribution in [0.3, 0.4) is 0 Å². The predicted octanol–water partition coefficient (Wildman–Crippen LogP) is 0.699. The van der Waals surface area contributed by atoms with Crippen molar-refractivity contribution >= 4 is 8.80 Å². The van der Waals surface area contributed by atoms with Gasteiger partial charge in [0.05, 0.1) is 0 Å². The second-order valence-corrected chi connectivity index (χ2v) is 4.64. The molecular weight excluding hydrogens is 136 g/mol. The Balaban J connectivity index is 3.82. The Kier molecular flexibility index (Phi) is 4.04. The van der Waals surface area contributed by atoms with Crippen molar-refractivity contribution in [1.82, 2.24) is 0 Å². The van der Waals surface area contributed by atoms with Gasteiger partial charge in [0.15, 0.2) is 0 Å². The standard InChI is InChI=1S/C5H13O3Si/c1-5-9(6-2,7-3)8-4/h1,5H2,2-4H3. The molecule has 0 amide bonds. The number of rotatable bonds is 4. The SMILES string of the molecule is [CH2]C[Si](OC)(OC)OC. The minimum absolute atomic E-state index is 0.566. The summed E-state index contributed by atoms with van der Waals surface area (Å²) in [6.45, 7) is 3.66. The first kappa shape index (κ1) is 9.10. The third-order valence-corrected chi connectivity index (χ3v) is 3.72. The Labute approximate surface area is 57.3 Å². The van der Waals surface area contributed by atoms with E-state index in [0.717, 1.165) is 0 Å². The Hall–Kier alpha value is 0.0969. The van der Waals surface area contributed by atoms with Crippen molar-refractivity contribution in [1.29, 1.82) is 0 Å².